The molecule has 4 heteroatoms. The van der Waals surface area contributed by atoms with Gasteiger partial charge in [-0.05, 0) is 18.9 Å². The molecule has 0 saturated carbocycles. The van der Waals surface area contributed by atoms with E-state index >= 15 is 0 Å². The van der Waals surface area contributed by atoms with Gasteiger partial charge >= 0.3 is 0 Å². The van der Waals surface area contributed by atoms with Crippen LogP contribution in [0.2, 0.25) is 0 Å². The highest BCUT2D eigenvalue weighted by Gasteiger charge is 2.12. The Kier molecular flexibility index (Phi) is 2.52. The minimum absolute atomic E-state index is 0.861. The van der Waals surface area contributed by atoms with Crippen molar-refractivity contribution in [3.8, 4) is 0 Å². The van der Waals surface area contributed by atoms with Crippen LogP contribution in [0.4, 0.5) is 0 Å². The number of rotatable bonds is 2. The standard InChI is InChI=1S/C10H16N4/c1-3-8-7-9(4-2)14(13-8)10-11-5-6-12-10/h7H,3-6H2,1-2H3,(H,11,12). The fourth-order valence-corrected chi connectivity index (χ4v) is 1.61. The Balaban J connectivity index is 2.35. The number of hydrogen-bond donors (Lipinski definition) is 1. The fraction of sp³-hybridized carbons (Fsp3) is 0.600. The molecule has 0 atom stereocenters. The van der Waals surface area contributed by atoms with E-state index in [0.29, 0.717) is 0 Å². The van der Waals surface area contributed by atoms with E-state index in [0.717, 1.165) is 37.6 Å². The first kappa shape index (κ1) is 9.24. The highest BCUT2D eigenvalue weighted by Crippen LogP contribution is 2.06. The van der Waals surface area contributed by atoms with E-state index in [4.69, 9.17) is 0 Å². The van der Waals surface area contributed by atoms with Gasteiger partial charge in [-0.2, -0.15) is 5.10 Å². The first-order valence-corrected chi connectivity index (χ1v) is 5.21. The van der Waals surface area contributed by atoms with Gasteiger partial charge in [-0.15, -0.1) is 0 Å². The second-order valence-corrected chi connectivity index (χ2v) is 3.38. The van der Waals surface area contributed by atoms with Gasteiger partial charge in [-0.25, -0.2) is 9.67 Å². The molecule has 2 heterocycles. The van der Waals surface area contributed by atoms with E-state index < -0.39 is 0 Å². The summed E-state index contributed by atoms with van der Waals surface area (Å²) in [4.78, 5) is 4.37. The molecule has 1 aromatic heterocycles. The van der Waals surface area contributed by atoms with Gasteiger partial charge < -0.3 is 5.32 Å². The van der Waals surface area contributed by atoms with Crippen molar-refractivity contribution < 1.29 is 0 Å². The minimum Gasteiger partial charge on any atom is -0.353 e. The fourth-order valence-electron chi connectivity index (χ4n) is 1.61. The summed E-state index contributed by atoms with van der Waals surface area (Å²) in [5.74, 6) is 0.904. The van der Waals surface area contributed by atoms with Crippen molar-refractivity contribution in [2.24, 2.45) is 4.99 Å². The van der Waals surface area contributed by atoms with E-state index in [9.17, 15) is 0 Å². The molecule has 0 fully saturated rings. The normalized spacial score (nSPS) is 15.4. The van der Waals surface area contributed by atoms with Crippen molar-refractivity contribution in [2.45, 2.75) is 26.7 Å². The van der Waals surface area contributed by atoms with Crippen LogP contribution in [-0.2, 0) is 12.8 Å². The van der Waals surface area contributed by atoms with Gasteiger partial charge in [0.05, 0.1) is 12.2 Å². The monoisotopic (exact) mass is 192 g/mol. The summed E-state index contributed by atoms with van der Waals surface area (Å²) in [7, 11) is 0. The Morgan fingerprint density at radius 1 is 1.43 bits per heavy atom. The quantitative estimate of drug-likeness (QED) is 0.753. The Morgan fingerprint density at radius 3 is 2.86 bits per heavy atom. The van der Waals surface area contributed by atoms with E-state index in [1.54, 1.807) is 0 Å². The molecule has 0 bridgehead atoms. The molecule has 76 valence electrons. The zero-order valence-electron chi connectivity index (χ0n) is 8.75. The Morgan fingerprint density at radius 2 is 2.29 bits per heavy atom. The van der Waals surface area contributed by atoms with Crippen molar-refractivity contribution >= 4 is 5.96 Å². The molecule has 2 rings (SSSR count). The van der Waals surface area contributed by atoms with Gasteiger partial charge in [-0.3, -0.25) is 0 Å². The smallest absolute Gasteiger partial charge is 0.219 e. The number of hydrogen-bond acceptors (Lipinski definition) is 3. The molecule has 0 spiro atoms. The summed E-state index contributed by atoms with van der Waals surface area (Å²) in [6.07, 6.45) is 1.97. The third-order valence-electron chi connectivity index (χ3n) is 2.42. The maximum Gasteiger partial charge on any atom is 0.219 e. The molecule has 0 saturated heterocycles. The van der Waals surface area contributed by atoms with Gasteiger partial charge in [-0.1, -0.05) is 13.8 Å². The van der Waals surface area contributed by atoms with Gasteiger partial charge in [0.15, 0.2) is 0 Å². The van der Waals surface area contributed by atoms with E-state index in [-0.39, 0.29) is 0 Å². The molecular formula is C10H16N4. The molecule has 1 aliphatic heterocycles. The summed E-state index contributed by atoms with van der Waals surface area (Å²) in [5, 5.41) is 7.74. The third kappa shape index (κ3) is 1.52. The van der Waals surface area contributed by atoms with Gasteiger partial charge in [0.25, 0.3) is 0 Å². The lowest BCUT2D eigenvalue weighted by molar-refractivity contribution is 0.805. The average molecular weight is 192 g/mol. The molecule has 1 aliphatic rings. The van der Waals surface area contributed by atoms with E-state index in [1.165, 1.54) is 5.69 Å². The van der Waals surface area contributed by atoms with Gasteiger partial charge in [0, 0.05) is 12.2 Å². The lowest BCUT2D eigenvalue weighted by Gasteiger charge is -2.04. The molecule has 0 radical (unpaired) electrons. The lowest BCUT2D eigenvalue weighted by atomic mass is 10.3. The van der Waals surface area contributed by atoms with Crippen molar-refractivity contribution in [2.75, 3.05) is 13.1 Å². The summed E-state index contributed by atoms with van der Waals surface area (Å²) < 4.78 is 1.94. The Labute approximate surface area is 84.0 Å². The van der Waals surface area contributed by atoms with E-state index in [2.05, 4.69) is 35.3 Å². The van der Waals surface area contributed by atoms with Crippen LogP contribution < -0.4 is 5.32 Å². The van der Waals surface area contributed by atoms with Gasteiger partial charge in [0.1, 0.15) is 0 Å². The summed E-state index contributed by atoms with van der Waals surface area (Å²) >= 11 is 0. The van der Waals surface area contributed by atoms with Crippen LogP contribution in [0.5, 0.6) is 0 Å². The molecule has 14 heavy (non-hydrogen) atoms. The molecule has 0 aromatic carbocycles. The SMILES string of the molecule is CCc1cc(CC)n(C2=NCCN2)n1. The maximum absolute atomic E-state index is 4.50. The first-order chi connectivity index (χ1) is 6.85. The first-order valence-electron chi connectivity index (χ1n) is 5.21. The second kappa shape index (κ2) is 3.82. The number of aromatic nitrogens is 2. The molecule has 0 amide bonds. The Hall–Kier alpha value is -1.32. The minimum atomic E-state index is 0.861. The highest BCUT2D eigenvalue weighted by atomic mass is 15.4. The number of nitrogens with zero attached hydrogens (tertiary/aromatic N) is 3. The van der Waals surface area contributed by atoms with Crippen LogP contribution in [0.3, 0.4) is 0 Å². The number of aryl methyl sites for hydroxylation is 2. The van der Waals surface area contributed by atoms with Crippen LogP contribution in [0.25, 0.3) is 0 Å². The van der Waals surface area contributed by atoms with E-state index in [1.807, 2.05) is 4.68 Å². The number of nitrogens with one attached hydrogen (secondary N) is 1. The van der Waals surface area contributed by atoms with Crippen molar-refractivity contribution in [1.29, 1.82) is 0 Å². The molecular weight excluding hydrogens is 176 g/mol. The van der Waals surface area contributed by atoms with Crippen LogP contribution in [0.15, 0.2) is 11.1 Å². The summed E-state index contributed by atoms with van der Waals surface area (Å²) in [6.45, 7) is 6.05. The number of aliphatic imine (C=N–C) groups is 1. The average Bonchev–Trinajstić information content (AvgIpc) is 2.85. The van der Waals surface area contributed by atoms with Crippen LogP contribution in [0.1, 0.15) is 25.2 Å². The highest BCUT2D eigenvalue weighted by molar-refractivity contribution is 5.83. The second-order valence-electron chi connectivity index (χ2n) is 3.38. The van der Waals surface area contributed by atoms with Crippen LogP contribution in [0, 0.1) is 0 Å². The predicted molar refractivity (Wildman–Crippen MR) is 56.7 cm³/mol. The molecule has 0 aliphatic carbocycles. The van der Waals surface area contributed by atoms with Gasteiger partial charge in [0.2, 0.25) is 5.96 Å². The van der Waals surface area contributed by atoms with Crippen LogP contribution >= 0.6 is 0 Å². The molecule has 1 N–H and O–H groups in total. The maximum atomic E-state index is 4.50. The Bertz CT molecular complexity index is 351. The zero-order chi connectivity index (χ0) is 9.97. The molecule has 0 unspecified atom stereocenters. The van der Waals surface area contributed by atoms with Crippen LogP contribution in [-0.4, -0.2) is 28.8 Å². The van der Waals surface area contributed by atoms with Crippen molar-refractivity contribution in [3.05, 3.63) is 17.5 Å². The van der Waals surface area contributed by atoms with Crippen molar-refractivity contribution in [3.63, 3.8) is 0 Å². The largest absolute Gasteiger partial charge is 0.353 e. The summed E-state index contributed by atoms with van der Waals surface area (Å²) in [5.41, 5.74) is 2.37. The lowest BCUT2D eigenvalue weighted by Crippen LogP contribution is -2.28. The molecule has 1 aromatic rings. The zero-order valence-corrected chi connectivity index (χ0v) is 8.75. The topological polar surface area (TPSA) is 42.2 Å². The summed E-state index contributed by atoms with van der Waals surface area (Å²) in [6, 6.07) is 2.16. The third-order valence-corrected chi connectivity index (χ3v) is 2.42. The predicted octanol–water partition coefficient (Wildman–Crippen LogP) is 0.815. The molecule has 4 nitrogen and oxygen atoms in total. The van der Waals surface area contributed by atoms with Crippen molar-refractivity contribution in [1.82, 2.24) is 15.1 Å².